The van der Waals surface area contributed by atoms with Crippen molar-refractivity contribution in [2.24, 2.45) is 0 Å². The van der Waals surface area contributed by atoms with Gasteiger partial charge in [-0.15, -0.1) is 0 Å². The van der Waals surface area contributed by atoms with Gasteiger partial charge in [0.2, 0.25) is 0 Å². The molecule has 2 aliphatic carbocycles. The van der Waals surface area contributed by atoms with Gasteiger partial charge in [0.1, 0.15) is 11.2 Å². The third-order valence-corrected chi connectivity index (χ3v) is 12.7. The van der Waals surface area contributed by atoms with Gasteiger partial charge in [-0.1, -0.05) is 106 Å². The predicted octanol–water partition coefficient (Wildman–Crippen LogP) is 14.4. The third-order valence-electron chi connectivity index (χ3n) is 12.7. The first kappa shape index (κ1) is 33.5. The van der Waals surface area contributed by atoms with Gasteiger partial charge in [0.15, 0.2) is 0 Å². The Morgan fingerprint density at radius 1 is 0.436 bits per heavy atom. The minimum Gasteiger partial charge on any atom is -0.456 e. The molecule has 0 atom stereocenters. The van der Waals surface area contributed by atoms with Crippen molar-refractivity contribution in [3.63, 3.8) is 0 Å². The van der Waals surface area contributed by atoms with Crippen molar-refractivity contribution in [3.05, 3.63) is 172 Å². The van der Waals surface area contributed by atoms with Crippen LogP contribution in [0.2, 0.25) is 0 Å². The Labute approximate surface area is 324 Å². The van der Waals surface area contributed by atoms with Gasteiger partial charge in [0, 0.05) is 57.1 Å². The monoisotopic (exact) mass is 714 g/mol. The molecule has 0 aliphatic heterocycles. The fourth-order valence-electron chi connectivity index (χ4n) is 9.59. The summed E-state index contributed by atoms with van der Waals surface area (Å²) < 4.78 is 6.13. The first-order valence-corrected chi connectivity index (χ1v) is 19.5. The first-order valence-electron chi connectivity index (χ1n) is 19.5. The summed E-state index contributed by atoms with van der Waals surface area (Å²) in [5.74, 6) is 0. The highest BCUT2D eigenvalue weighted by molar-refractivity contribution is 6.06. The molecule has 1 aromatic heterocycles. The van der Waals surface area contributed by atoms with Gasteiger partial charge >= 0.3 is 0 Å². The van der Waals surface area contributed by atoms with E-state index in [1.807, 2.05) is 12.1 Å². The molecule has 0 amide bonds. The number of nitrogens with zero attached hydrogens (tertiary/aromatic N) is 2. The molecule has 270 valence electrons. The summed E-state index contributed by atoms with van der Waals surface area (Å²) >= 11 is 0. The zero-order valence-corrected chi connectivity index (χ0v) is 33.0. The summed E-state index contributed by atoms with van der Waals surface area (Å²) in [6.07, 6.45) is 0. The Morgan fingerprint density at radius 3 is 1.55 bits per heavy atom. The fourth-order valence-corrected chi connectivity index (χ4v) is 9.59. The van der Waals surface area contributed by atoms with Crippen molar-refractivity contribution in [3.8, 4) is 22.3 Å². The highest BCUT2D eigenvalue weighted by Crippen LogP contribution is 2.54. The molecule has 0 radical (unpaired) electrons. The molecule has 10 rings (SSSR count). The Bertz CT molecular complexity index is 2890. The molecule has 0 saturated carbocycles. The SMILES string of the molecule is Cc1ccc(N(c2ccc3c(c2)C(C)(C)c2cc(C)ccc2-3)c2ccc3c(c2)C(C)(C)c2cc(N(C)c4ccc5oc6ccccc6c5c4)ccc2-3)c(C)c1. The minimum absolute atomic E-state index is 0.0921. The molecule has 3 nitrogen and oxygen atoms in total. The van der Waals surface area contributed by atoms with Crippen molar-refractivity contribution in [2.45, 2.75) is 59.3 Å². The molecule has 7 aromatic carbocycles. The second-order valence-electron chi connectivity index (χ2n) is 17.0. The molecule has 0 saturated heterocycles. The molecule has 0 fully saturated rings. The highest BCUT2D eigenvalue weighted by Gasteiger charge is 2.38. The van der Waals surface area contributed by atoms with Gasteiger partial charge in [-0.05, 0) is 138 Å². The number of anilines is 5. The van der Waals surface area contributed by atoms with Crippen LogP contribution in [0.3, 0.4) is 0 Å². The Hall–Kier alpha value is -6.06. The van der Waals surface area contributed by atoms with Crippen LogP contribution in [0.15, 0.2) is 138 Å². The van der Waals surface area contributed by atoms with E-state index in [9.17, 15) is 0 Å². The van der Waals surface area contributed by atoms with Crippen molar-refractivity contribution < 1.29 is 4.42 Å². The number of rotatable bonds is 5. The van der Waals surface area contributed by atoms with E-state index in [0.29, 0.717) is 0 Å². The van der Waals surface area contributed by atoms with Crippen LogP contribution in [-0.4, -0.2) is 7.05 Å². The molecular weight excluding hydrogens is 669 g/mol. The van der Waals surface area contributed by atoms with Crippen LogP contribution in [0, 0.1) is 20.8 Å². The lowest BCUT2D eigenvalue weighted by Gasteiger charge is -2.31. The molecule has 55 heavy (non-hydrogen) atoms. The average molecular weight is 715 g/mol. The van der Waals surface area contributed by atoms with E-state index in [-0.39, 0.29) is 10.8 Å². The van der Waals surface area contributed by atoms with Crippen LogP contribution >= 0.6 is 0 Å². The lowest BCUT2D eigenvalue weighted by atomic mass is 9.81. The maximum Gasteiger partial charge on any atom is 0.135 e. The summed E-state index contributed by atoms with van der Waals surface area (Å²) in [5.41, 5.74) is 22.1. The van der Waals surface area contributed by atoms with E-state index in [0.717, 1.165) is 27.6 Å². The van der Waals surface area contributed by atoms with Crippen LogP contribution in [0.4, 0.5) is 28.4 Å². The van der Waals surface area contributed by atoms with Crippen LogP contribution in [0.1, 0.15) is 66.6 Å². The molecule has 2 aliphatic rings. The number of furan rings is 1. The predicted molar refractivity (Wildman–Crippen MR) is 232 cm³/mol. The summed E-state index contributed by atoms with van der Waals surface area (Å²) in [5, 5.41) is 2.29. The summed E-state index contributed by atoms with van der Waals surface area (Å²) in [6.45, 7) is 16.1. The van der Waals surface area contributed by atoms with E-state index in [1.165, 1.54) is 83.9 Å². The molecule has 0 bridgehead atoms. The van der Waals surface area contributed by atoms with Gasteiger partial charge in [-0.2, -0.15) is 0 Å². The minimum atomic E-state index is -0.199. The van der Waals surface area contributed by atoms with Crippen molar-refractivity contribution in [2.75, 3.05) is 16.8 Å². The summed E-state index contributed by atoms with van der Waals surface area (Å²) in [4.78, 5) is 4.77. The Kier molecular flexibility index (Phi) is 7.14. The lowest BCUT2D eigenvalue weighted by molar-refractivity contribution is 0.659. The van der Waals surface area contributed by atoms with Crippen LogP contribution in [-0.2, 0) is 10.8 Å². The van der Waals surface area contributed by atoms with E-state index < -0.39 is 0 Å². The maximum absolute atomic E-state index is 6.13. The smallest absolute Gasteiger partial charge is 0.135 e. The number of aryl methyl sites for hydroxylation is 3. The normalized spacial score (nSPS) is 14.5. The van der Waals surface area contributed by atoms with E-state index >= 15 is 0 Å². The number of hydrogen-bond donors (Lipinski definition) is 0. The highest BCUT2D eigenvalue weighted by atomic mass is 16.3. The fraction of sp³-hybridized carbons (Fsp3) is 0.192. The average Bonchev–Trinajstić information content (AvgIpc) is 3.74. The molecule has 1 heterocycles. The standard InChI is InChI=1S/C52H46N2O/c1-31-14-23-48(33(3)25-31)54(36-16-21-40-38-19-13-32(2)26-44(38)51(4,5)46(40)29-36)37-17-22-41-39-20-15-35(28-45(39)52(6,7)47(41)30-37)53(8)34-18-24-50-43(27-34)42-11-9-10-12-49(42)55-50/h9-30H,1-8H3. The van der Waals surface area contributed by atoms with Crippen molar-refractivity contribution >= 4 is 50.4 Å². The van der Waals surface area contributed by atoms with Crippen molar-refractivity contribution in [1.29, 1.82) is 0 Å². The molecule has 0 spiro atoms. The molecular formula is C52H46N2O. The number of para-hydroxylation sites is 1. The second kappa shape index (κ2) is 11.7. The van der Waals surface area contributed by atoms with Crippen LogP contribution < -0.4 is 9.80 Å². The summed E-state index contributed by atoms with van der Waals surface area (Å²) in [6, 6.07) is 49.8. The largest absolute Gasteiger partial charge is 0.456 e. The third kappa shape index (κ3) is 4.95. The molecule has 0 unspecified atom stereocenters. The molecule has 8 aromatic rings. The van der Waals surface area contributed by atoms with E-state index in [2.05, 4.69) is 187 Å². The van der Waals surface area contributed by atoms with Gasteiger partial charge in [-0.3, -0.25) is 0 Å². The van der Waals surface area contributed by atoms with Gasteiger partial charge < -0.3 is 14.2 Å². The number of fused-ring (bicyclic) bond motifs is 9. The number of benzene rings is 7. The Balaban J connectivity index is 1.06. The second-order valence-corrected chi connectivity index (χ2v) is 17.0. The zero-order valence-electron chi connectivity index (χ0n) is 33.0. The molecule has 0 N–H and O–H groups in total. The van der Waals surface area contributed by atoms with E-state index in [1.54, 1.807) is 0 Å². The van der Waals surface area contributed by atoms with Crippen LogP contribution in [0.5, 0.6) is 0 Å². The first-order chi connectivity index (χ1) is 26.4. The Morgan fingerprint density at radius 2 is 0.909 bits per heavy atom. The summed E-state index contributed by atoms with van der Waals surface area (Å²) in [7, 11) is 2.16. The maximum atomic E-state index is 6.13. The van der Waals surface area contributed by atoms with Crippen molar-refractivity contribution in [1.82, 2.24) is 0 Å². The topological polar surface area (TPSA) is 19.6 Å². The zero-order chi connectivity index (χ0) is 38.0. The quantitative estimate of drug-likeness (QED) is 0.177. The number of hydrogen-bond acceptors (Lipinski definition) is 3. The lowest BCUT2D eigenvalue weighted by Crippen LogP contribution is -2.18. The van der Waals surface area contributed by atoms with Gasteiger partial charge in [-0.25, -0.2) is 0 Å². The van der Waals surface area contributed by atoms with Gasteiger partial charge in [0.05, 0.1) is 0 Å². The van der Waals surface area contributed by atoms with Crippen LogP contribution in [0.25, 0.3) is 44.2 Å². The van der Waals surface area contributed by atoms with E-state index in [4.69, 9.17) is 4.42 Å². The van der Waals surface area contributed by atoms with Gasteiger partial charge in [0.25, 0.3) is 0 Å². The molecule has 3 heteroatoms.